The summed E-state index contributed by atoms with van der Waals surface area (Å²) >= 11 is 0. The fraction of sp³-hybridized carbons (Fsp3) is 0.455. The molecular weight excluding hydrogens is 386 g/mol. The molecule has 0 aliphatic carbocycles. The van der Waals surface area contributed by atoms with Crippen molar-refractivity contribution in [2.75, 3.05) is 33.6 Å². The molecule has 2 heterocycles. The number of fused-ring (bicyclic) bond motifs is 1. The number of hydrogen-bond acceptors (Lipinski definition) is 5. The molecule has 0 N–H and O–H groups in total. The molecule has 3 rings (SSSR count). The van der Waals surface area contributed by atoms with E-state index in [1.165, 1.54) is 0 Å². The van der Waals surface area contributed by atoms with E-state index in [1.54, 1.807) is 35.1 Å². The minimum atomic E-state index is -0.220. The first-order valence-electron chi connectivity index (χ1n) is 9.98. The van der Waals surface area contributed by atoms with Gasteiger partial charge in [0.25, 0.3) is 5.91 Å². The van der Waals surface area contributed by atoms with E-state index in [0.717, 1.165) is 5.69 Å². The zero-order valence-corrected chi connectivity index (χ0v) is 18.0. The van der Waals surface area contributed by atoms with E-state index in [1.807, 2.05) is 43.8 Å². The molecular formula is C22H29N3O5. The number of amides is 2. The van der Waals surface area contributed by atoms with Gasteiger partial charge < -0.3 is 28.6 Å². The Labute approximate surface area is 176 Å². The lowest BCUT2D eigenvalue weighted by Gasteiger charge is -2.30. The van der Waals surface area contributed by atoms with Gasteiger partial charge in [0.1, 0.15) is 6.54 Å². The summed E-state index contributed by atoms with van der Waals surface area (Å²) in [5.74, 6) is 0.812. The topological polar surface area (TPSA) is 73.2 Å². The predicted molar refractivity (Wildman–Crippen MR) is 111 cm³/mol. The van der Waals surface area contributed by atoms with E-state index in [9.17, 15) is 9.59 Å². The zero-order valence-electron chi connectivity index (χ0n) is 18.0. The maximum absolute atomic E-state index is 13.2. The highest BCUT2D eigenvalue weighted by Crippen LogP contribution is 2.33. The van der Waals surface area contributed by atoms with Crippen LogP contribution in [0.3, 0.4) is 0 Å². The van der Waals surface area contributed by atoms with Crippen molar-refractivity contribution in [3.8, 4) is 11.5 Å². The highest BCUT2D eigenvalue weighted by atomic mass is 16.7. The minimum Gasteiger partial charge on any atom is -0.454 e. The van der Waals surface area contributed by atoms with Crippen LogP contribution in [-0.2, 0) is 23.1 Å². The molecule has 0 unspecified atom stereocenters. The molecule has 0 saturated carbocycles. The van der Waals surface area contributed by atoms with Crippen molar-refractivity contribution in [3.63, 3.8) is 0 Å². The lowest BCUT2D eigenvalue weighted by molar-refractivity contribution is -0.133. The lowest BCUT2D eigenvalue weighted by atomic mass is 10.1. The second kappa shape index (κ2) is 9.67. The Morgan fingerprint density at radius 2 is 1.97 bits per heavy atom. The Bertz CT molecular complexity index is 893. The number of nitrogens with zero attached hydrogens (tertiary/aromatic N) is 3. The SMILES string of the molecule is COCCN(Cc1cccn1C)C(=O)CN(C(=O)c1ccc2c(c1)OCO2)C(C)C. The van der Waals surface area contributed by atoms with Gasteiger partial charge in [-0.05, 0) is 44.2 Å². The number of aromatic nitrogens is 1. The summed E-state index contributed by atoms with van der Waals surface area (Å²) in [6, 6.07) is 8.85. The van der Waals surface area contributed by atoms with Crippen LogP contribution >= 0.6 is 0 Å². The van der Waals surface area contributed by atoms with Crippen LogP contribution in [0.2, 0.25) is 0 Å². The minimum absolute atomic E-state index is 0.0148. The van der Waals surface area contributed by atoms with Crippen molar-refractivity contribution in [2.24, 2.45) is 7.05 Å². The van der Waals surface area contributed by atoms with Gasteiger partial charge >= 0.3 is 0 Å². The van der Waals surface area contributed by atoms with Crippen molar-refractivity contribution >= 4 is 11.8 Å². The summed E-state index contributed by atoms with van der Waals surface area (Å²) in [5.41, 5.74) is 1.48. The first-order valence-corrected chi connectivity index (χ1v) is 9.98. The van der Waals surface area contributed by atoms with Crippen LogP contribution < -0.4 is 9.47 Å². The molecule has 162 valence electrons. The number of carbonyl (C=O) groups excluding carboxylic acids is 2. The standard InChI is InChI=1S/C22H29N3O5/c1-16(2)25(22(27)17-7-8-19-20(12-17)30-15-29-19)14-21(26)24(10-11-28-4)13-18-6-5-9-23(18)3/h5-9,12,16H,10-11,13-15H2,1-4H3. The van der Waals surface area contributed by atoms with Crippen LogP contribution in [0.1, 0.15) is 29.9 Å². The number of methoxy groups -OCH3 is 1. The van der Waals surface area contributed by atoms with Crippen molar-refractivity contribution in [1.82, 2.24) is 14.4 Å². The third-order valence-electron chi connectivity index (χ3n) is 5.13. The van der Waals surface area contributed by atoms with Gasteiger partial charge in [-0.1, -0.05) is 0 Å². The van der Waals surface area contributed by atoms with Crippen LogP contribution in [0, 0.1) is 0 Å². The molecule has 1 aromatic heterocycles. The largest absolute Gasteiger partial charge is 0.454 e. The Balaban J connectivity index is 1.75. The van der Waals surface area contributed by atoms with Crippen molar-refractivity contribution < 1.29 is 23.8 Å². The van der Waals surface area contributed by atoms with Gasteiger partial charge in [0.15, 0.2) is 11.5 Å². The molecule has 0 spiro atoms. The average Bonchev–Trinajstić information content (AvgIpc) is 3.36. The Morgan fingerprint density at radius 3 is 2.63 bits per heavy atom. The molecule has 0 saturated heterocycles. The molecule has 1 aliphatic heterocycles. The molecule has 1 aliphatic rings. The monoisotopic (exact) mass is 415 g/mol. The van der Waals surface area contributed by atoms with E-state index in [4.69, 9.17) is 14.2 Å². The maximum atomic E-state index is 13.2. The summed E-state index contributed by atoms with van der Waals surface area (Å²) in [6.07, 6.45) is 1.94. The second-order valence-corrected chi connectivity index (χ2v) is 7.51. The highest BCUT2D eigenvalue weighted by Gasteiger charge is 2.26. The molecule has 0 bridgehead atoms. The summed E-state index contributed by atoms with van der Waals surface area (Å²) in [5, 5.41) is 0. The second-order valence-electron chi connectivity index (χ2n) is 7.51. The third-order valence-corrected chi connectivity index (χ3v) is 5.13. The molecule has 8 heteroatoms. The van der Waals surface area contributed by atoms with Gasteiger partial charge in [0.05, 0.1) is 13.2 Å². The molecule has 2 amide bonds. The molecule has 8 nitrogen and oxygen atoms in total. The van der Waals surface area contributed by atoms with Crippen molar-refractivity contribution in [1.29, 1.82) is 0 Å². The first kappa shape index (κ1) is 21.7. The van der Waals surface area contributed by atoms with Gasteiger partial charge in [-0.25, -0.2) is 0 Å². The van der Waals surface area contributed by atoms with Gasteiger partial charge in [0.2, 0.25) is 12.7 Å². The van der Waals surface area contributed by atoms with E-state index < -0.39 is 0 Å². The smallest absolute Gasteiger partial charge is 0.254 e. The molecule has 1 aromatic carbocycles. The Morgan fingerprint density at radius 1 is 1.20 bits per heavy atom. The van der Waals surface area contributed by atoms with Gasteiger partial charge in [-0.15, -0.1) is 0 Å². The maximum Gasteiger partial charge on any atom is 0.254 e. The fourth-order valence-corrected chi connectivity index (χ4v) is 3.28. The summed E-state index contributed by atoms with van der Waals surface area (Å²) in [6.45, 7) is 5.25. The van der Waals surface area contributed by atoms with E-state index >= 15 is 0 Å². The van der Waals surface area contributed by atoms with E-state index in [-0.39, 0.29) is 31.2 Å². The third kappa shape index (κ3) is 4.94. The number of benzene rings is 1. The molecule has 30 heavy (non-hydrogen) atoms. The van der Waals surface area contributed by atoms with E-state index in [2.05, 4.69) is 0 Å². The number of ether oxygens (including phenoxy) is 3. The summed E-state index contributed by atoms with van der Waals surface area (Å²) < 4.78 is 17.8. The van der Waals surface area contributed by atoms with Gasteiger partial charge in [0, 0.05) is 44.2 Å². The first-order chi connectivity index (χ1) is 14.4. The number of carbonyl (C=O) groups is 2. The summed E-state index contributed by atoms with van der Waals surface area (Å²) in [4.78, 5) is 29.6. The van der Waals surface area contributed by atoms with Crippen LogP contribution in [0.15, 0.2) is 36.5 Å². The molecule has 0 radical (unpaired) electrons. The van der Waals surface area contributed by atoms with Crippen molar-refractivity contribution in [2.45, 2.75) is 26.4 Å². The molecule has 2 aromatic rings. The fourth-order valence-electron chi connectivity index (χ4n) is 3.28. The average molecular weight is 415 g/mol. The highest BCUT2D eigenvalue weighted by molar-refractivity contribution is 5.97. The van der Waals surface area contributed by atoms with Gasteiger partial charge in [-0.2, -0.15) is 0 Å². The normalized spacial score (nSPS) is 12.3. The van der Waals surface area contributed by atoms with Gasteiger partial charge in [-0.3, -0.25) is 9.59 Å². The van der Waals surface area contributed by atoms with Crippen molar-refractivity contribution in [3.05, 3.63) is 47.8 Å². The van der Waals surface area contributed by atoms with Crippen LogP contribution in [0.4, 0.5) is 0 Å². The Kier molecular flexibility index (Phi) is 6.99. The Hall–Kier alpha value is -3.00. The number of aryl methyl sites for hydroxylation is 1. The van der Waals surface area contributed by atoms with E-state index in [0.29, 0.717) is 36.8 Å². The zero-order chi connectivity index (χ0) is 21.7. The van der Waals surface area contributed by atoms with Crippen LogP contribution in [0.25, 0.3) is 0 Å². The molecule has 0 atom stereocenters. The van der Waals surface area contributed by atoms with Crippen LogP contribution in [-0.4, -0.2) is 65.8 Å². The lowest BCUT2D eigenvalue weighted by Crippen LogP contribution is -2.46. The van der Waals surface area contributed by atoms with Crippen LogP contribution in [0.5, 0.6) is 11.5 Å². The predicted octanol–water partition coefficient (Wildman–Crippen LogP) is 2.28. The number of hydrogen-bond donors (Lipinski definition) is 0. The summed E-state index contributed by atoms with van der Waals surface area (Å²) in [7, 11) is 3.55. The number of rotatable bonds is 9. The quantitative estimate of drug-likeness (QED) is 0.628. The molecule has 0 fully saturated rings.